The van der Waals surface area contributed by atoms with E-state index in [-0.39, 0.29) is 23.9 Å². The number of thiophene rings is 1. The number of carbonyl (C=O) groups excluding carboxylic acids is 1. The molecule has 4 heterocycles. The summed E-state index contributed by atoms with van der Waals surface area (Å²) in [6, 6.07) is 6.71. The van der Waals surface area contributed by atoms with Crippen LogP contribution in [0.2, 0.25) is 0 Å². The van der Waals surface area contributed by atoms with Crippen molar-refractivity contribution in [1.82, 2.24) is 14.9 Å². The van der Waals surface area contributed by atoms with Crippen LogP contribution < -0.4 is 5.32 Å². The highest BCUT2D eigenvalue weighted by atomic mass is 32.1. The Morgan fingerprint density at radius 2 is 1.93 bits per heavy atom. The lowest BCUT2D eigenvalue weighted by atomic mass is 10.0. The van der Waals surface area contributed by atoms with Crippen LogP contribution in [0.25, 0.3) is 21.3 Å². The van der Waals surface area contributed by atoms with Gasteiger partial charge in [0, 0.05) is 36.5 Å². The number of cyclic esters (lactones) is 1. The standard InChI is InChI=1S/C21H21FN4O2S/c22-14-3-1-13(2-4-14)16-11-29-20-18(16)19(23-12-24-20)25-15-5-8-26(9-6-15)17-7-10-28-21(17)27/h1-4,11-12,15,17H,5-10H2,(H,23,24,25)/t17-/m0/s1. The molecule has 2 saturated heterocycles. The molecule has 2 aromatic heterocycles. The van der Waals surface area contributed by atoms with E-state index in [1.807, 2.05) is 5.38 Å². The van der Waals surface area contributed by atoms with Crippen molar-refractivity contribution in [1.29, 1.82) is 0 Å². The zero-order chi connectivity index (χ0) is 19.8. The fourth-order valence-electron chi connectivity index (χ4n) is 4.19. The Morgan fingerprint density at radius 3 is 2.66 bits per heavy atom. The first-order chi connectivity index (χ1) is 14.2. The molecule has 0 aliphatic carbocycles. The first-order valence-corrected chi connectivity index (χ1v) is 10.7. The highest BCUT2D eigenvalue weighted by Crippen LogP contribution is 2.37. The highest BCUT2D eigenvalue weighted by Gasteiger charge is 2.34. The number of anilines is 1. The van der Waals surface area contributed by atoms with Crippen LogP contribution in [0.15, 0.2) is 36.0 Å². The number of nitrogens with zero attached hydrogens (tertiary/aromatic N) is 3. The molecule has 0 amide bonds. The topological polar surface area (TPSA) is 67.3 Å². The Morgan fingerprint density at radius 1 is 1.14 bits per heavy atom. The van der Waals surface area contributed by atoms with Crippen molar-refractivity contribution in [2.24, 2.45) is 0 Å². The minimum absolute atomic E-state index is 0.0799. The summed E-state index contributed by atoms with van der Waals surface area (Å²) >= 11 is 1.56. The number of hydrogen-bond donors (Lipinski definition) is 1. The lowest BCUT2D eigenvalue weighted by molar-refractivity contribution is -0.142. The van der Waals surface area contributed by atoms with E-state index in [0.29, 0.717) is 6.61 Å². The number of ether oxygens (including phenoxy) is 1. The van der Waals surface area contributed by atoms with Gasteiger partial charge in [0.05, 0.1) is 12.0 Å². The van der Waals surface area contributed by atoms with Crippen molar-refractivity contribution in [3.8, 4) is 11.1 Å². The van der Waals surface area contributed by atoms with E-state index in [2.05, 4.69) is 20.2 Å². The fourth-order valence-corrected chi connectivity index (χ4v) is 5.11. The number of esters is 1. The van der Waals surface area contributed by atoms with Gasteiger partial charge < -0.3 is 10.1 Å². The number of halogens is 1. The SMILES string of the molecule is O=C1OCC[C@@H]1N1CCC(Nc2ncnc3scc(-c4ccc(F)cc4)c23)CC1. The minimum atomic E-state index is -0.249. The summed E-state index contributed by atoms with van der Waals surface area (Å²) in [5.41, 5.74) is 1.96. The third-order valence-electron chi connectivity index (χ3n) is 5.74. The van der Waals surface area contributed by atoms with E-state index >= 15 is 0 Å². The van der Waals surface area contributed by atoms with Gasteiger partial charge in [-0.1, -0.05) is 12.1 Å². The molecule has 5 rings (SSSR count). The van der Waals surface area contributed by atoms with Crippen molar-refractivity contribution in [2.45, 2.75) is 31.3 Å². The average molecular weight is 412 g/mol. The molecule has 150 valence electrons. The quantitative estimate of drug-likeness (QED) is 0.660. The third kappa shape index (κ3) is 3.58. The van der Waals surface area contributed by atoms with Crippen LogP contribution in [0, 0.1) is 5.82 Å². The Labute approximate surface area is 171 Å². The molecular formula is C21H21FN4O2S. The lowest BCUT2D eigenvalue weighted by Crippen LogP contribution is -2.46. The number of hydrogen-bond acceptors (Lipinski definition) is 7. The van der Waals surface area contributed by atoms with E-state index in [1.165, 1.54) is 12.1 Å². The summed E-state index contributed by atoms with van der Waals surface area (Å²) in [6.07, 6.45) is 4.25. The summed E-state index contributed by atoms with van der Waals surface area (Å²) in [7, 11) is 0. The van der Waals surface area contributed by atoms with Crippen molar-refractivity contribution in [3.05, 3.63) is 41.8 Å². The van der Waals surface area contributed by atoms with Crippen molar-refractivity contribution < 1.29 is 13.9 Å². The number of likely N-dealkylation sites (tertiary alicyclic amines) is 1. The molecular weight excluding hydrogens is 391 g/mol. The number of nitrogens with one attached hydrogen (secondary N) is 1. The molecule has 1 aromatic carbocycles. The van der Waals surface area contributed by atoms with Crippen LogP contribution in [-0.4, -0.2) is 52.6 Å². The number of piperidine rings is 1. The number of fused-ring (bicyclic) bond motifs is 1. The zero-order valence-corrected chi connectivity index (χ0v) is 16.6. The molecule has 2 fully saturated rings. The van der Waals surface area contributed by atoms with E-state index in [9.17, 15) is 9.18 Å². The predicted molar refractivity (Wildman–Crippen MR) is 110 cm³/mol. The molecule has 0 radical (unpaired) electrons. The normalized spacial score (nSPS) is 20.9. The van der Waals surface area contributed by atoms with Crippen molar-refractivity contribution in [3.63, 3.8) is 0 Å². The maximum Gasteiger partial charge on any atom is 0.323 e. The number of benzene rings is 1. The second-order valence-electron chi connectivity index (χ2n) is 7.49. The summed E-state index contributed by atoms with van der Waals surface area (Å²) in [4.78, 5) is 23.9. The van der Waals surface area contributed by atoms with Crippen LogP contribution in [0.1, 0.15) is 19.3 Å². The molecule has 1 atom stereocenters. The van der Waals surface area contributed by atoms with Gasteiger partial charge in [-0.25, -0.2) is 14.4 Å². The highest BCUT2D eigenvalue weighted by molar-refractivity contribution is 7.17. The fraction of sp³-hybridized carbons (Fsp3) is 0.381. The van der Waals surface area contributed by atoms with Gasteiger partial charge in [-0.2, -0.15) is 0 Å². The molecule has 2 aliphatic heterocycles. The number of rotatable bonds is 4. The average Bonchev–Trinajstić information content (AvgIpc) is 3.36. The summed E-state index contributed by atoms with van der Waals surface area (Å²) in [5.74, 6) is 0.478. The van der Waals surface area contributed by atoms with Gasteiger partial charge in [0.25, 0.3) is 0 Å². The van der Waals surface area contributed by atoms with Gasteiger partial charge in [0.2, 0.25) is 0 Å². The van der Waals surface area contributed by atoms with E-state index in [1.54, 1.807) is 29.8 Å². The molecule has 3 aromatic rings. The zero-order valence-electron chi connectivity index (χ0n) is 15.8. The molecule has 1 N–H and O–H groups in total. The predicted octanol–water partition coefficient (Wildman–Crippen LogP) is 3.69. The van der Waals surface area contributed by atoms with Crippen molar-refractivity contribution in [2.75, 3.05) is 25.0 Å². The molecule has 0 spiro atoms. The molecule has 0 unspecified atom stereocenters. The van der Waals surface area contributed by atoms with Crippen LogP contribution >= 0.6 is 11.3 Å². The second kappa shape index (κ2) is 7.68. The minimum Gasteiger partial charge on any atom is -0.464 e. The van der Waals surface area contributed by atoms with Gasteiger partial charge >= 0.3 is 5.97 Å². The number of aromatic nitrogens is 2. The number of carbonyl (C=O) groups is 1. The van der Waals surface area contributed by atoms with Crippen LogP contribution in [0.3, 0.4) is 0 Å². The third-order valence-corrected chi connectivity index (χ3v) is 6.63. The Balaban J connectivity index is 1.35. The summed E-state index contributed by atoms with van der Waals surface area (Å²) in [5, 5.41) is 6.62. The van der Waals surface area contributed by atoms with Crippen LogP contribution in [0.4, 0.5) is 10.2 Å². The Hall–Kier alpha value is -2.58. The van der Waals surface area contributed by atoms with E-state index < -0.39 is 0 Å². The van der Waals surface area contributed by atoms with E-state index in [4.69, 9.17) is 4.74 Å². The van der Waals surface area contributed by atoms with Gasteiger partial charge in [-0.15, -0.1) is 11.3 Å². The van der Waals surface area contributed by atoms with Crippen molar-refractivity contribution >= 4 is 33.3 Å². The molecule has 2 aliphatic rings. The Kier molecular flexibility index (Phi) is 4.89. The first kappa shape index (κ1) is 18.4. The lowest BCUT2D eigenvalue weighted by Gasteiger charge is -2.34. The molecule has 29 heavy (non-hydrogen) atoms. The smallest absolute Gasteiger partial charge is 0.323 e. The second-order valence-corrected chi connectivity index (χ2v) is 8.34. The largest absolute Gasteiger partial charge is 0.464 e. The van der Waals surface area contributed by atoms with Gasteiger partial charge in [-0.3, -0.25) is 9.69 Å². The molecule has 8 heteroatoms. The first-order valence-electron chi connectivity index (χ1n) is 9.84. The van der Waals surface area contributed by atoms with Gasteiger partial charge in [0.1, 0.15) is 28.8 Å². The summed E-state index contributed by atoms with van der Waals surface area (Å²) < 4.78 is 18.4. The Bertz CT molecular complexity index is 1030. The molecule has 0 bridgehead atoms. The summed E-state index contributed by atoms with van der Waals surface area (Å²) in [6.45, 7) is 2.26. The van der Waals surface area contributed by atoms with Gasteiger partial charge in [0.15, 0.2) is 0 Å². The van der Waals surface area contributed by atoms with Crippen LogP contribution in [-0.2, 0) is 9.53 Å². The maximum absolute atomic E-state index is 13.3. The maximum atomic E-state index is 13.3. The van der Waals surface area contributed by atoms with Crippen LogP contribution in [0.5, 0.6) is 0 Å². The van der Waals surface area contributed by atoms with E-state index in [0.717, 1.165) is 59.5 Å². The molecule has 6 nitrogen and oxygen atoms in total. The van der Waals surface area contributed by atoms with Gasteiger partial charge in [-0.05, 0) is 30.5 Å². The monoisotopic (exact) mass is 412 g/mol. The molecule has 0 saturated carbocycles.